The molecule has 0 bridgehead atoms. The van der Waals surface area contributed by atoms with E-state index in [1.807, 2.05) is 13.8 Å². The van der Waals surface area contributed by atoms with Crippen molar-refractivity contribution in [2.75, 3.05) is 13.2 Å². The van der Waals surface area contributed by atoms with Gasteiger partial charge in [-0.05, 0) is 31.0 Å². The Morgan fingerprint density at radius 3 is 2.42 bits per heavy atom. The topological polar surface area (TPSA) is 76.0 Å². The van der Waals surface area contributed by atoms with Crippen LogP contribution in [0.1, 0.15) is 47.5 Å². The first-order valence-corrected chi connectivity index (χ1v) is 11.9. The Balaban J connectivity index is 2.05. The standard InChI is InChI=1S/C18H34O5Si/c1-16(2,3)24(6,7)22-9-8-12-13-10-17(4,5)18(13,14(20)11-19)23-15(12)21/h12-14,19-20H,8-11H2,1-7H3/t12-,13-,14-,18-/m1/s1. The Hall–Kier alpha value is -0.433. The monoisotopic (exact) mass is 358 g/mol. The first kappa shape index (κ1) is 19.9. The molecule has 6 heteroatoms. The molecule has 0 radical (unpaired) electrons. The van der Waals surface area contributed by atoms with Crippen molar-refractivity contribution in [3.63, 3.8) is 0 Å². The molecule has 4 atom stereocenters. The Morgan fingerprint density at radius 1 is 1.38 bits per heavy atom. The molecule has 0 aromatic rings. The maximum atomic E-state index is 12.4. The van der Waals surface area contributed by atoms with Crippen molar-refractivity contribution < 1.29 is 24.2 Å². The van der Waals surface area contributed by atoms with E-state index in [4.69, 9.17) is 9.16 Å². The molecular weight excluding hydrogens is 324 g/mol. The van der Waals surface area contributed by atoms with E-state index < -0.39 is 20.0 Å². The van der Waals surface area contributed by atoms with Crippen LogP contribution in [0.4, 0.5) is 0 Å². The summed E-state index contributed by atoms with van der Waals surface area (Å²) in [5.74, 6) is -0.536. The van der Waals surface area contributed by atoms with Gasteiger partial charge in [0.2, 0.25) is 0 Å². The molecule has 1 saturated carbocycles. The average Bonchev–Trinajstić information content (AvgIpc) is 2.67. The highest BCUT2D eigenvalue weighted by Gasteiger charge is 2.73. The zero-order valence-corrected chi connectivity index (χ0v) is 17.2. The van der Waals surface area contributed by atoms with E-state index in [2.05, 4.69) is 33.9 Å². The van der Waals surface area contributed by atoms with Crippen LogP contribution in [0.15, 0.2) is 0 Å². The van der Waals surface area contributed by atoms with Crippen molar-refractivity contribution in [3.8, 4) is 0 Å². The van der Waals surface area contributed by atoms with Crippen molar-refractivity contribution in [1.82, 2.24) is 0 Å². The SMILES string of the molecule is CC1(C)C[C@@H]2[C@@H](CCO[Si](C)(C)C(C)(C)C)C(=O)O[C@@]21[C@H](O)CO. The van der Waals surface area contributed by atoms with Crippen molar-refractivity contribution in [1.29, 1.82) is 0 Å². The molecule has 2 N–H and O–H groups in total. The van der Waals surface area contributed by atoms with Gasteiger partial charge in [-0.2, -0.15) is 0 Å². The lowest BCUT2D eigenvalue weighted by Gasteiger charge is -2.59. The Labute approximate surface area is 146 Å². The van der Waals surface area contributed by atoms with Gasteiger partial charge >= 0.3 is 5.97 Å². The summed E-state index contributed by atoms with van der Waals surface area (Å²) in [6.45, 7) is 15.1. The highest BCUT2D eigenvalue weighted by molar-refractivity contribution is 6.74. The number of ether oxygens (including phenoxy) is 1. The number of hydrogen-bond acceptors (Lipinski definition) is 5. The van der Waals surface area contributed by atoms with Crippen molar-refractivity contribution in [2.45, 2.75) is 77.3 Å². The molecule has 1 saturated heterocycles. The van der Waals surface area contributed by atoms with E-state index >= 15 is 0 Å². The van der Waals surface area contributed by atoms with Crippen LogP contribution in [0.3, 0.4) is 0 Å². The molecular formula is C18H34O5Si. The van der Waals surface area contributed by atoms with Gasteiger partial charge in [0, 0.05) is 17.9 Å². The van der Waals surface area contributed by atoms with Crippen LogP contribution in [-0.4, -0.2) is 49.4 Å². The number of hydrogen-bond donors (Lipinski definition) is 2. The minimum absolute atomic E-state index is 0.0369. The third-order valence-electron chi connectivity index (χ3n) is 6.76. The molecule has 0 spiro atoms. The Bertz CT molecular complexity index is 496. The first-order valence-electron chi connectivity index (χ1n) is 8.96. The summed E-state index contributed by atoms with van der Waals surface area (Å²) in [7, 11) is -1.84. The zero-order valence-electron chi connectivity index (χ0n) is 16.2. The molecule has 1 heterocycles. The molecule has 0 amide bonds. The van der Waals surface area contributed by atoms with Crippen LogP contribution in [0.5, 0.6) is 0 Å². The van der Waals surface area contributed by atoms with Gasteiger partial charge in [-0.1, -0.05) is 34.6 Å². The summed E-state index contributed by atoms with van der Waals surface area (Å²) in [5.41, 5.74) is -1.26. The largest absolute Gasteiger partial charge is 0.455 e. The highest BCUT2D eigenvalue weighted by atomic mass is 28.4. The number of aliphatic hydroxyl groups is 2. The first-order chi connectivity index (χ1) is 10.8. The summed E-state index contributed by atoms with van der Waals surface area (Å²) in [5, 5.41) is 19.9. The second-order valence-corrected chi connectivity index (χ2v) is 14.4. The van der Waals surface area contributed by atoms with E-state index in [0.29, 0.717) is 13.0 Å². The number of carbonyl (C=O) groups excluding carboxylic acids is 1. The fourth-order valence-electron chi connectivity index (χ4n) is 4.17. The molecule has 0 aromatic heterocycles. The van der Waals surface area contributed by atoms with Gasteiger partial charge < -0.3 is 19.4 Å². The average molecular weight is 359 g/mol. The van der Waals surface area contributed by atoms with Crippen molar-refractivity contribution in [3.05, 3.63) is 0 Å². The molecule has 1 aliphatic heterocycles. The highest BCUT2D eigenvalue weighted by Crippen LogP contribution is 2.64. The molecule has 2 aliphatic rings. The molecule has 2 fully saturated rings. The van der Waals surface area contributed by atoms with Crippen LogP contribution in [0.2, 0.25) is 18.1 Å². The van der Waals surface area contributed by atoms with Crippen LogP contribution in [-0.2, 0) is 14.0 Å². The van der Waals surface area contributed by atoms with Crippen molar-refractivity contribution in [2.24, 2.45) is 17.3 Å². The lowest BCUT2D eigenvalue weighted by Crippen LogP contribution is -2.68. The fraction of sp³-hybridized carbons (Fsp3) is 0.944. The summed E-state index contributed by atoms with van der Waals surface area (Å²) >= 11 is 0. The number of rotatable bonds is 6. The summed E-state index contributed by atoms with van der Waals surface area (Å²) in [4.78, 5) is 12.4. The second-order valence-electron chi connectivity index (χ2n) is 9.61. The van der Waals surface area contributed by atoms with Crippen LogP contribution in [0, 0.1) is 17.3 Å². The molecule has 0 aromatic carbocycles. The van der Waals surface area contributed by atoms with Gasteiger partial charge in [-0.25, -0.2) is 0 Å². The normalized spacial score (nSPS) is 33.6. The fourth-order valence-corrected chi connectivity index (χ4v) is 5.23. The van der Waals surface area contributed by atoms with Gasteiger partial charge in [0.25, 0.3) is 0 Å². The molecule has 2 rings (SSSR count). The number of aliphatic hydroxyl groups excluding tert-OH is 2. The second kappa shape index (κ2) is 6.08. The van der Waals surface area contributed by atoms with E-state index in [9.17, 15) is 15.0 Å². The lowest BCUT2D eigenvalue weighted by atomic mass is 9.48. The van der Waals surface area contributed by atoms with E-state index in [-0.39, 0.29) is 34.9 Å². The maximum Gasteiger partial charge on any atom is 0.310 e. The van der Waals surface area contributed by atoms with Gasteiger partial charge in [-0.3, -0.25) is 4.79 Å². The van der Waals surface area contributed by atoms with Gasteiger partial charge in [0.15, 0.2) is 8.32 Å². The predicted molar refractivity (Wildman–Crippen MR) is 95.1 cm³/mol. The number of carbonyl (C=O) groups is 1. The Morgan fingerprint density at radius 2 is 1.96 bits per heavy atom. The van der Waals surface area contributed by atoms with Crippen LogP contribution >= 0.6 is 0 Å². The minimum Gasteiger partial charge on any atom is -0.455 e. The zero-order chi connectivity index (χ0) is 18.6. The quantitative estimate of drug-likeness (QED) is 0.564. The summed E-state index contributed by atoms with van der Waals surface area (Å²) in [6.07, 6.45) is 0.411. The van der Waals surface area contributed by atoms with E-state index in [1.54, 1.807) is 0 Å². The smallest absolute Gasteiger partial charge is 0.310 e. The van der Waals surface area contributed by atoms with Crippen molar-refractivity contribution >= 4 is 14.3 Å². The predicted octanol–water partition coefficient (Wildman–Crippen LogP) is 2.71. The minimum atomic E-state index is -1.84. The van der Waals surface area contributed by atoms with Gasteiger partial charge in [0.1, 0.15) is 11.7 Å². The summed E-state index contributed by atoms with van der Waals surface area (Å²) < 4.78 is 11.9. The lowest BCUT2D eigenvalue weighted by molar-refractivity contribution is -0.244. The molecule has 24 heavy (non-hydrogen) atoms. The molecule has 140 valence electrons. The third-order valence-corrected chi connectivity index (χ3v) is 11.3. The van der Waals surface area contributed by atoms with E-state index in [0.717, 1.165) is 6.42 Å². The van der Waals surface area contributed by atoms with Crippen LogP contribution < -0.4 is 0 Å². The van der Waals surface area contributed by atoms with Gasteiger partial charge in [0.05, 0.1) is 12.5 Å². The molecule has 5 nitrogen and oxygen atoms in total. The molecule has 0 unspecified atom stereocenters. The maximum absolute atomic E-state index is 12.4. The van der Waals surface area contributed by atoms with Crippen LogP contribution in [0.25, 0.3) is 0 Å². The number of esters is 1. The summed E-state index contributed by atoms with van der Waals surface area (Å²) in [6, 6.07) is 0. The van der Waals surface area contributed by atoms with E-state index in [1.165, 1.54) is 0 Å². The molecule has 1 aliphatic carbocycles. The Kier molecular flexibility index (Phi) is 5.03. The van der Waals surface area contributed by atoms with Gasteiger partial charge in [-0.15, -0.1) is 0 Å². The number of fused-ring (bicyclic) bond motifs is 1. The third kappa shape index (κ3) is 2.85.